The minimum Gasteiger partial charge on any atom is -0.385 e. The largest absolute Gasteiger partial charge is 0.385 e. The van der Waals surface area contributed by atoms with Gasteiger partial charge in [0.1, 0.15) is 25.0 Å². The van der Waals surface area contributed by atoms with Crippen LogP contribution < -0.4 is 4.90 Å². The molecule has 0 saturated heterocycles. The highest BCUT2D eigenvalue weighted by atomic mass is 19.1. The van der Waals surface area contributed by atoms with Crippen LogP contribution in [0.1, 0.15) is 43.4 Å². The number of halogens is 1. The number of benzene rings is 1. The molecule has 1 aromatic heterocycles. The van der Waals surface area contributed by atoms with Crippen molar-refractivity contribution in [2.45, 2.75) is 51.3 Å². The van der Waals surface area contributed by atoms with Gasteiger partial charge in [0, 0.05) is 18.7 Å². The van der Waals surface area contributed by atoms with E-state index in [0.29, 0.717) is 26.3 Å². The summed E-state index contributed by atoms with van der Waals surface area (Å²) in [7, 11) is 0. The van der Waals surface area contributed by atoms with Crippen LogP contribution in [0.25, 0.3) is 0 Å². The van der Waals surface area contributed by atoms with Crippen molar-refractivity contribution in [2.75, 3.05) is 26.3 Å². The van der Waals surface area contributed by atoms with Crippen molar-refractivity contribution >= 4 is 0 Å². The van der Waals surface area contributed by atoms with E-state index in [0.717, 1.165) is 24.6 Å². The molecule has 2 atom stereocenters. The van der Waals surface area contributed by atoms with Crippen molar-refractivity contribution in [3.8, 4) is 0 Å². The monoisotopic (exact) mass is 415 g/mol. The summed E-state index contributed by atoms with van der Waals surface area (Å²) in [5.41, 5.74) is 2.17. The average molecular weight is 416 g/mol. The molecule has 30 heavy (non-hydrogen) atoms. The van der Waals surface area contributed by atoms with Gasteiger partial charge in [-0.1, -0.05) is 37.5 Å². The Morgan fingerprint density at radius 3 is 2.83 bits per heavy atom. The molecule has 1 fully saturated rings. The van der Waals surface area contributed by atoms with Crippen LogP contribution in [0.3, 0.4) is 0 Å². The van der Waals surface area contributed by atoms with E-state index in [2.05, 4.69) is 29.5 Å². The van der Waals surface area contributed by atoms with Crippen LogP contribution >= 0.6 is 0 Å². The number of hydrogen-bond acceptors (Lipinski definition) is 2. The molecule has 1 aromatic carbocycles. The van der Waals surface area contributed by atoms with E-state index >= 15 is 0 Å². The highest BCUT2D eigenvalue weighted by molar-refractivity contribution is 5.18. The normalized spacial score (nSPS) is 17.0. The third kappa shape index (κ3) is 7.38. The summed E-state index contributed by atoms with van der Waals surface area (Å²) >= 11 is 0. The molecule has 1 unspecified atom stereocenters. The lowest BCUT2D eigenvalue weighted by atomic mass is 9.89. The first kappa shape index (κ1) is 22.7. The summed E-state index contributed by atoms with van der Waals surface area (Å²) < 4.78 is 21.2. The fourth-order valence-corrected chi connectivity index (χ4v) is 4.56. The molecule has 1 saturated carbocycles. The minimum absolute atomic E-state index is 0.201. The Balaban J connectivity index is 1.65. The number of aromatic nitrogens is 1. The Kier molecular flexibility index (Phi) is 9.12. The van der Waals surface area contributed by atoms with Crippen molar-refractivity contribution in [2.24, 2.45) is 5.92 Å². The summed E-state index contributed by atoms with van der Waals surface area (Å²) in [5.74, 6) is 0.523. The van der Waals surface area contributed by atoms with Crippen molar-refractivity contribution in [3.05, 3.63) is 72.3 Å². The zero-order valence-electron chi connectivity index (χ0n) is 17.9. The molecule has 5 heteroatoms. The van der Waals surface area contributed by atoms with Gasteiger partial charge in [-0.3, -0.25) is 0 Å². The van der Waals surface area contributed by atoms with E-state index in [-0.39, 0.29) is 5.82 Å². The number of nitrogens with zero attached hydrogens (tertiary/aromatic N) is 1. The van der Waals surface area contributed by atoms with Gasteiger partial charge in [0.2, 0.25) is 0 Å². The molecule has 3 rings (SSSR count). The van der Waals surface area contributed by atoms with Crippen LogP contribution in [-0.2, 0) is 17.8 Å². The molecule has 2 aromatic rings. The van der Waals surface area contributed by atoms with Gasteiger partial charge < -0.3 is 19.3 Å². The fourth-order valence-electron chi connectivity index (χ4n) is 4.56. The number of quaternary nitrogens is 1. The summed E-state index contributed by atoms with van der Waals surface area (Å²) in [6.07, 6.45) is 9.84. The first-order chi connectivity index (χ1) is 14.6. The molecule has 0 aliphatic heterocycles. The summed E-state index contributed by atoms with van der Waals surface area (Å²) in [6, 6.07) is 11.0. The Morgan fingerprint density at radius 1 is 1.23 bits per heavy atom. The topological polar surface area (TPSA) is 38.8 Å². The minimum atomic E-state index is -0.491. The van der Waals surface area contributed by atoms with Crippen LogP contribution in [0.5, 0.6) is 0 Å². The van der Waals surface area contributed by atoms with E-state index in [1.807, 2.05) is 6.07 Å². The second-order valence-corrected chi connectivity index (χ2v) is 8.58. The SMILES string of the molecule is C=CCOC[C@H](O)C[NH+](Cc1cccn1Cc1cccc(F)c1)CC1CCCCC1. The average Bonchev–Trinajstić information content (AvgIpc) is 3.15. The van der Waals surface area contributed by atoms with Gasteiger partial charge in [-0.2, -0.15) is 0 Å². The second kappa shape index (κ2) is 12.0. The van der Waals surface area contributed by atoms with Crippen LogP contribution in [0.4, 0.5) is 4.39 Å². The molecule has 164 valence electrons. The maximum absolute atomic E-state index is 13.6. The van der Waals surface area contributed by atoms with E-state index in [4.69, 9.17) is 4.74 Å². The van der Waals surface area contributed by atoms with Gasteiger partial charge in [0.15, 0.2) is 0 Å². The molecule has 0 bridgehead atoms. The maximum atomic E-state index is 13.6. The van der Waals surface area contributed by atoms with Gasteiger partial charge >= 0.3 is 0 Å². The van der Waals surface area contributed by atoms with E-state index < -0.39 is 6.10 Å². The van der Waals surface area contributed by atoms with Crippen molar-refractivity contribution < 1.29 is 19.1 Å². The summed E-state index contributed by atoms with van der Waals surface area (Å²) in [6.45, 7) is 7.70. The number of aliphatic hydroxyl groups is 1. The van der Waals surface area contributed by atoms with Gasteiger partial charge in [-0.25, -0.2) is 4.39 Å². The summed E-state index contributed by atoms with van der Waals surface area (Å²) in [5, 5.41) is 10.5. The lowest BCUT2D eigenvalue weighted by Gasteiger charge is -2.29. The zero-order chi connectivity index (χ0) is 21.2. The zero-order valence-corrected chi connectivity index (χ0v) is 17.9. The molecule has 4 nitrogen and oxygen atoms in total. The van der Waals surface area contributed by atoms with E-state index in [9.17, 15) is 9.50 Å². The molecule has 0 spiro atoms. The van der Waals surface area contributed by atoms with Crippen molar-refractivity contribution in [1.82, 2.24) is 4.57 Å². The highest BCUT2D eigenvalue weighted by Crippen LogP contribution is 2.22. The Morgan fingerprint density at radius 2 is 2.07 bits per heavy atom. The third-order valence-corrected chi connectivity index (χ3v) is 5.97. The van der Waals surface area contributed by atoms with Crippen LogP contribution in [-0.4, -0.2) is 42.1 Å². The number of hydrogen-bond donors (Lipinski definition) is 2. The Labute approximate surface area is 180 Å². The van der Waals surface area contributed by atoms with Crippen molar-refractivity contribution in [3.63, 3.8) is 0 Å². The molecular weight excluding hydrogens is 379 g/mol. The summed E-state index contributed by atoms with van der Waals surface area (Å²) in [4.78, 5) is 1.38. The van der Waals surface area contributed by atoms with E-state index in [1.54, 1.807) is 18.2 Å². The molecule has 1 aliphatic carbocycles. The number of nitrogens with one attached hydrogen (secondary N) is 1. The van der Waals surface area contributed by atoms with Gasteiger partial charge in [0.25, 0.3) is 0 Å². The van der Waals surface area contributed by atoms with Gasteiger partial charge in [0.05, 0.1) is 25.5 Å². The first-order valence-corrected chi connectivity index (χ1v) is 11.2. The highest BCUT2D eigenvalue weighted by Gasteiger charge is 2.23. The first-order valence-electron chi connectivity index (χ1n) is 11.2. The molecule has 1 aliphatic rings. The predicted molar refractivity (Wildman–Crippen MR) is 118 cm³/mol. The number of rotatable bonds is 12. The maximum Gasteiger partial charge on any atom is 0.126 e. The Bertz CT molecular complexity index is 770. The van der Waals surface area contributed by atoms with Gasteiger partial charge in [-0.15, -0.1) is 6.58 Å². The van der Waals surface area contributed by atoms with Crippen LogP contribution in [0.2, 0.25) is 0 Å². The second-order valence-electron chi connectivity index (χ2n) is 8.58. The van der Waals surface area contributed by atoms with Gasteiger partial charge in [-0.05, 0) is 42.7 Å². The van der Waals surface area contributed by atoms with Crippen LogP contribution in [0, 0.1) is 11.7 Å². The number of aliphatic hydroxyl groups excluding tert-OH is 1. The predicted octanol–water partition coefficient (Wildman–Crippen LogP) is 3.20. The Hall–Kier alpha value is -1.95. The smallest absolute Gasteiger partial charge is 0.126 e. The molecule has 1 heterocycles. The lowest BCUT2D eigenvalue weighted by molar-refractivity contribution is -0.920. The quantitative estimate of drug-likeness (QED) is 0.413. The van der Waals surface area contributed by atoms with E-state index in [1.165, 1.54) is 48.8 Å². The third-order valence-electron chi connectivity index (χ3n) is 5.97. The molecule has 0 amide bonds. The molecular formula is C25H36FN2O2+. The molecule has 0 radical (unpaired) electrons. The number of ether oxygens (including phenoxy) is 1. The molecule has 2 N–H and O–H groups in total. The van der Waals surface area contributed by atoms with Crippen LogP contribution in [0.15, 0.2) is 55.3 Å². The standard InChI is InChI=1S/C25H35FN2O2/c1-2-14-30-20-25(29)19-27(16-21-8-4-3-5-9-21)18-24-12-7-13-28(24)17-22-10-6-11-23(26)15-22/h2,6-7,10-13,15,21,25,29H,1,3-5,8-9,14,16-20H2/p+1/t25-/m1/s1. The van der Waals surface area contributed by atoms with Crippen molar-refractivity contribution in [1.29, 1.82) is 0 Å². The fraction of sp³-hybridized carbons (Fsp3) is 0.520. The lowest BCUT2D eigenvalue weighted by Crippen LogP contribution is -3.12.